The average molecular weight is 289 g/mol. The van der Waals surface area contributed by atoms with Crippen molar-refractivity contribution in [1.29, 1.82) is 0 Å². The van der Waals surface area contributed by atoms with Gasteiger partial charge in [-0.1, -0.05) is 0 Å². The van der Waals surface area contributed by atoms with Gasteiger partial charge >= 0.3 is 0 Å². The van der Waals surface area contributed by atoms with E-state index in [4.69, 9.17) is 5.11 Å². The van der Waals surface area contributed by atoms with Crippen LogP contribution in [-0.2, 0) is 0 Å². The van der Waals surface area contributed by atoms with E-state index >= 15 is 0 Å². The molecule has 0 spiro atoms. The molecule has 1 aromatic heterocycles. The van der Waals surface area contributed by atoms with Crippen LogP contribution in [0.1, 0.15) is 20.3 Å². The van der Waals surface area contributed by atoms with E-state index in [1.807, 2.05) is 6.07 Å². The first-order chi connectivity index (χ1) is 10.1. The summed E-state index contributed by atoms with van der Waals surface area (Å²) in [7, 11) is 0. The number of anilines is 1. The average Bonchev–Trinajstić information content (AvgIpc) is 2.47. The third-order valence-electron chi connectivity index (χ3n) is 3.41. The van der Waals surface area contributed by atoms with Crippen LogP contribution in [0, 0.1) is 10.1 Å². The van der Waals surface area contributed by atoms with E-state index in [1.165, 1.54) is 6.07 Å². The molecular weight excluding hydrogens is 270 g/mol. The van der Waals surface area contributed by atoms with Gasteiger partial charge in [-0.2, -0.15) is 0 Å². The Kier molecular flexibility index (Phi) is 4.70. The van der Waals surface area contributed by atoms with E-state index in [1.54, 1.807) is 18.3 Å². The molecule has 21 heavy (non-hydrogen) atoms. The summed E-state index contributed by atoms with van der Waals surface area (Å²) in [6.07, 6.45) is 2.21. The number of pyridine rings is 1. The number of aliphatic hydroxyl groups excluding tert-OH is 1. The molecular formula is C15H19N3O3. The lowest BCUT2D eigenvalue weighted by molar-refractivity contribution is -0.383. The number of hydrogen-bond acceptors (Lipinski definition) is 5. The van der Waals surface area contributed by atoms with Crippen molar-refractivity contribution in [3.63, 3.8) is 0 Å². The van der Waals surface area contributed by atoms with Crippen molar-refractivity contribution in [1.82, 2.24) is 4.98 Å². The van der Waals surface area contributed by atoms with Crippen LogP contribution in [0.4, 0.5) is 11.4 Å². The van der Waals surface area contributed by atoms with Crippen molar-refractivity contribution in [3.05, 3.63) is 40.6 Å². The molecule has 6 nitrogen and oxygen atoms in total. The Balaban J connectivity index is 2.58. The largest absolute Gasteiger partial charge is 0.396 e. The minimum Gasteiger partial charge on any atom is -0.396 e. The molecule has 0 atom stereocenters. The zero-order valence-corrected chi connectivity index (χ0v) is 12.2. The highest BCUT2D eigenvalue weighted by Crippen LogP contribution is 2.33. The van der Waals surface area contributed by atoms with Gasteiger partial charge in [0.2, 0.25) is 0 Å². The quantitative estimate of drug-likeness (QED) is 0.653. The number of fused-ring (bicyclic) bond motifs is 1. The Morgan fingerprint density at radius 1 is 1.38 bits per heavy atom. The number of nitrogens with zero attached hydrogens (tertiary/aromatic N) is 3. The van der Waals surface area contributed by atoms with Gasteiger partial charge in [-0.25, -0.2) is 4.98 Å². The maximum absolute atomic E-state index is 11.1. The number of aliphatic hydroxyl groups is 1. The third-order valence-corrected chi connectivity index (χ3v) is 3.41. The minimum absolute atomic E-state index is 0.0141. The lowest BCUT2D eigenvalue weighted by Gasteiger charge is -2.29. The number of aromatic nitrogens is 1. The van der Waals surface area contributed by atoms with Gasteiger partial charge in [-0.3, -0.25) is 10.1 Å². The highest BCUT2D eigenvalue weighted by molar-refractivity contribution is 5.97. The van der Waals surface area contributed by atoms with Gasteiger partial charge in [0.1, 0.15) is 5.52 Å². The molecule has 0 aliphatic heterocycles. The molecule has 0 aliphatic rings. The zero-order chi connectivity index (χ0) is 15.4. The van der Waals surface area contributed by atoms with Crippen LogP contribution >= 0.6 is 0 Å². The second kappa shape index (κ2) is 6.49. The monoisotopic (exact) mass is 289 g/mol. The molecule has 0 saturated carbocycles. The lowest BCUT2D eigenvalue weighted by Crippen LogP contribution is -2.32. The van der Waals surface area contributed by atoms with Gasteiger partial charge in [0.25, 0.3) is 5.69 Å². The Labute approximate surface area is 123 Å². The molecule has 0 unspecified atom stereocenters. The number of non-ortho nitro benzene ring substituents is 1. The topological polar surface area (TPSA) is 79.5 Å². The Morgan fingerprint density at radius 2 is 2.14 bits per heavy atom. The second-order valence-electron chi connectivity index (χ2n) is 5.12. The van der Waals surface area contributed by atoms with Crippen LogP contribution in [0.2, 0.25) is 0 Å². The van der Waals surface area contributed by atoms with Gasteiger partial charge in [0.15, 0.2) is 0 Å². The van der Waals surface area contributed by atoms with E-state index in [0.29, 0.717) is 18.5 Å². The fourth-order valence-electron chi connectivity index (χ4n) is 2.44. The Hall–Kier alpha value is -2.21. The van der Waals surface area contributed by atoms with E-state index in [0.717, 1.165) is 11.1 Å². The van der Waals surface area contributed by atoms with Crippen LogP contribution in [0.3, 0.4) is 0 Å². The standard InChI is InChI=1S/C15H19N3O3/c1-11(2)17(9-4-10-19)13-6-7-14(18(20)21)15-12(13)5-3-8-16-15/h3,5-8,11,19H,4,9-10H2,1-2H3. The van der Waals surface area contributed by atoms with Crippen molar-refractivity contribution in [3.8, 4) is 0 Å². The van der Waals surface area contributed by atoms with Crippen molar-refractivity contribution < 1.29 is 10.0 Å². The van der Waals surface area contributed by atoms with Gasteiger partial charge in [0, 0.05) is 42.5 Å². The van der Waals surface area contributed by atoms with Gasteiger partial charge in [-0.05, 0) is 38.5 Å². The summed E-state index contributed by atoms with van der Waals surface area (Å²) in [5.41, 5.74) is 1.32. The number of rotatable bonds is 6. The first-order valence-corrected chi connectivity index (χ1v) is 6.96. The summed E-state index contributed by atoms with van der Waals surface area (Å²) in [6, 6.07) is 7.11. The first-order valence-electron chi connectivity index (χ1n) is 6.96. The van der Waals surface area contributed by atoms with E-state index in [9.17, 15) is 10.1 Å². The van der Waals surface area contributed by atoms with Crippen LogP contribution in [0.15, 0.2) is 30.5 Å². The Morgan fingerprint density at radius 3 is 2.76 bits per heavy atom. The molecule has 2 aromatic rings. The second-order valence-corrected chi connectivity index (χ2v) is 5.12. The molecule has 1 aromatic carbocycles. The summed E-state index contributed by atoms with van der Waals surface area (Å²) in [5.74, 6) is 0. The van der Waals surface area contributed by atoms with E-state index < -0.39 is 4.92 Å². The van der Waals surface area contributed by atoms with E-state index in [2.05, 4.69) is 23.7 Å². The highest BCUT2D eigenvalue weighted by Gasteiger charge is 2.19. The maximum atomic E-state index is 11.1. The molecule has 2 rings (SSSR count). The lowest BCUT2D eigenvalue weighted by atomic mass is 10.1. The molecule has 0 radical (unpaired) electrons. The fraction of sp³-hybridized carbons (Fsp3) is 0.400. The summed E-state index contributed by atoms with van der Waals surface area (Å²) in [5, 5.41) is 20.9. The van der Waals surface area contributed by atoms with Crippen LogP contribution < -0.4 is 4.90 Å². The summed E-state index contributed by atoms with van der Waals surface area (Å²) in [6.45, 7) is 4.92. The maximum Gasteiger partial charge on any atom is 0.295 e. The normalized spacial score (nSPS) is 11.0. The molecule has 1 heterocycles. The van der Waals surface area contributed by atoms with Gasteiger partial charge < -0.3 is 10.0 Å². The smallest absolute Gasteiger partial charge is 0.295 e. The molecule has 1 N–H and O–H groups in total. The Bertz CT molecular complexity index is 643. The summed E-state index contributed by atoms with van der Waals surface area (Å²) >= 11 is 0. The zero-order valence-electron chi connectivity index (χ0n) is 12.2. The molecule has 0 amide bonds. The van der Waals surface area contributed by atoms with E-state index in [-0.39, 0.29) is 18.3 Å². The number of nitro benzene ring substituents is 1. The highest BCUT2D eigenvalue weighted by atomic mass is 16.6. The molecule has 0 saturated heterocycles. The minimum atomic E-state index is -0.410. The van der Waals surface area contributed by atoms with Gasteiger partial charge in [-0.15, -0.1) is 0 Å². The summed E-state index contributed by atoms with van der Waals surface area (Å²) in [4.78, 5) is 17.0. The molecule has 6 heteroatoms. The van der Waals surface area contributed by atoms with Crippen molar-refractivity contribution in [2.75, 3.05) is 18.1 Å². The fourth-order valence-corrected chi connectivity index (χ4v) is 2.44. The number of benzene rings is 1. The van der Waals surface area contributed by atoms with Gasteiger partial charge in [0.05, 0.1) is 4.92 Å². The molecule has 0 fully saturated rings. The first kappa shape index (κ1) is 15.2. The predicted octanol–water partition coefficient (Wildman–Crippen LogP) is 2.74. The van der Waals surface area contributed by atoms with Crippen LogP contribution in [-0.4, -0.2) is 34.2 Å². The van der Waals surface area contributed by atoms with Crippen LogP contribution in [0.5, 0.6) is 0 Å². The van der Waals surface area contributed by atoms with Crippen molar-refractivity contribution >= 4 is 22.3 Å². The third kappa shape index (κ3) is 3.11. The van der Waals surface area contributed by atoms with Crippen LogP contribution in [0.25, 0.3) is 10.9 Å². The number of nitro groups is 1. The molecule has 112 valence electrons. The number of hydrogen-bond donors (Lipinski definition) is 1. The van der Waals surface area contributed by atoms with Crippen molar-refractivity contribution in [2.45, 2.75) is 26.3 Å². The summed E-state index contributed by atoms with van der Waals surface area (Å²) < 4.78 is 0. The predicted molar refractivity (Wildman–Crippen MR) is 82.6 cm³/mol. The molecule has 0 bridgehead atoms. The molecule has 0 aliphatic carbocycles. The SMILES string of the molecule is CC(C)N(CCCO)c1ccc([N+](=O)[O-])c2ncccc12. The van der Waals surface area contributed by atoms with Crippen molar-refractivity contribution in [2.24, 2.45) is 0 Å².